The number of amides is 1. The zero-order chi connectivity index (χ0) is 13.9. The Kier molecular flexibility index (Phi) is 4.65. The fourth-order valence-electron chi connectivity index (χ4n) is 1.03. The lowest BCUT2D eigenvalue weighted by Gasteiger charge is -2.18. The van der Waals surface area contributed by atoms with E-state index in [0.717, 1.165) is 0 Å². The summed E-state index contributed by atoms with van der Waals surface area (Å²) < 4.78 is 12.9. The lowest BCUT2D eigenvalue weighted by molar-refractivity contribution is -0.126. The van der Waals surface area contributed by atoms with Crippen LogP contribution in [0.25, 0.3) is 0 Å². The van der Waals surface area contributed by atoms with Crippen LogP contribution in [0.1, 0.15) is 20.8 Å². The first-order valence-corrected chi connectivity index (χ1v) is 6.06. The van der Waals surface area contributed by atoms with Gasteiger partial charge in [0.2, 0.25) is 5.91 Å². The van der Waals surface area contributed by atoms with Crippen LogP contribution in [0.2, 0.25) is 5.02 Å². The zero-order valence-corrected chi connectivity index (χ0v) is 11.9. The van der Waals surface area contributed by atoms with E-state index in [0.29, 0.717) is 5.69 Å². The van der Waals surface area contributed by atoms with Crippen LogP contribution in [-0.4, -0.2) is 11.0 Å². The number of anilines is 1. The molecular weight excluding hydrogens is 275 g/mol. The summed E-state index contributed by atoms with van der Waals surface area (Å²) in [6.45, 7) is 5.33. The molecule has 98 valence electrons. The van der Waals surface area contributed by atoms with Crippen LogP contribution in [0.3, 0.4) is 0 Å². The average molecular weight is 289 g/mol. The number of hydrogen-bond acceptors (Lipinski definition) is 2. The van der Waals surface area contributed by atoms with Gasteiger partial charge in [-0.25, -0.2) is 4.39 Å². The van der Waals surface area contributed by atoms with Gasteiger partial charge in [-0.15, -0.1) is 0 Å². The van der Waals surface area contributed by atoms with Crippen molar-refractivity contribution in [2.45, 2.75) is 20.8 Å². The van der Waals surface area contributed by atoms with Gasteiger partial charge in [0.1, 0.15) is 5.82 Å². The Labute approximate surface area is 116 Å². The second kappa shape index (κ2) is 5.63. The molecule has 2 N–H and O–H groups in total. The predicted octanol–water partition coefficient (Wildman–Crippen LogP) is 3.34. The van der Waals surface area contributed by atoms with Crippen LogP contribution < -0.4 is 10.6 Å². The van der Waals surface area contributed by atoms with Crippen LogP contribution in [0.5, 0.6) is 0 Å². The molecule has 0 saturated carbocycles. The van der Waals surface area contributed by atoms with Gasteiger partial charge in [-0.1, -0.05) is 32.4 Å². The number of benzene rings is 1. The van der Waals surface area contributed by atoms with Gasteiger partial charge in [0.05, 0.1) is 5.02 Å². The van der Waals surface area contributed by atoms with Gasteiger partial charge in [-0.2, -0.15) is 0 Å². The largest absolute Gasteiger partial charge is 0.332 e. The van der Waals surface area contributed by atoms with Crippen LogP contribution in [0.15, 0.2) is 18.2 Å². The van der Waals surface area contributed by atoms with E-state index >= 15 is 0 Å². The molecule has 1 amide bonds. The standard InChI is InChI=1S/C12H14ClFN2OS/c1-12(2,3)10(17)16-11(18)15-7-4-5-9(14)8(13)6-7/h4-6H,1-3H3,(H2,15,16,17,18). The molecule has 1 aromatic carbocycles. The number of carbonyl (C=O) groups excluding carboxylic acids is 1. The molecule has 0 unspecified atom stereocenters. The Balaban J connectivity index is 2.65. The molecule has 0 aliphatic rings. The molecule has 3 nitrogen and oxygen atoms in total. The molecule has 0 aliphatic carbocycles. The Hall–Kier alpha value is -1.20. The Morgan fingerprint density at radius 1 is 1.39 bits per heavy atom. The van der Waals surface area contributed by atoms with Gasteiger partial charge >= 0.3 is 0 Å². The average Bonchev–Trinajstić information content (AvgIpc) is 2.22. The summed E-state index contributed by atoms with van der Waals surface area (Å²) in [6.07, 6.45) is 0. The van der Waals surface area contributed by atoms with Gasteiger partial charge in [0.25, 0.3) is 0 Å². The Morgan fingerprint density at radius 2 is 2.00 bits per heavy atom. The highest BCUT2D eigenvalue weighted by molar-refractivity contribution is 7.80. The third-order valence-corrected chi connectivity index (χ3v) is 2.58. The number of hydrogen-bond donors (Lipinski definition) is 2. The maximum Gasteiger partial charge on any atom is 0.231 e. The summed E-state index contributed by atoms with van der Waals surface area (Å²) in [7, 11) is 0. The van der Waals surface area contributed by atoms with Crippen molar-refractivity contribution in [2.75, 3.05) is 5.32 Å². The normalized spacial score (nSPS) is 10.9. The van der Waals surface area contributed by atoms with Crippen molar-refractivity contribution in [3.05, 3.63) is 29.0 Å². The number of thiocarbonyl (C=S) groups is 1. The van der Waals surface area contributed by atoms with Crippen molar-refractivity contribution in [3.8, 4) is 0 Å². The molecule has 0 spiro atoms. The summed E-state index contributed by atoms with van der Waals surface area (Å²) in [5.41, 5.74) is -0.0211. The summed E-state index contributed by atoms with van der Waals surface area (Å²) in [4.78, 5) is 11.7. The lowest BCUT2D eigenvalue weighted by atomic mass is 9.96. The van der Waals surface area contributed by atoms with Crippen LogP contribution in [0, 0.1) is 11.2 Å². The van der Waals surface area contributed by atoms with E-state index < -0.39 is 11.2 Å². The zero-order valence-electron chi connectivity index (χ0n) is 10.3. The van der Waals surface area contributed by atoms with Gasteiger partial charge in [0.15, 0.2) is 5.11 Å². The van der Waals surface area contributed by atoms with E-state index in [1.54, 1.807) is 20.8 Å². The molecule has 0 atom stereocenters. The van der Waals surface area contributed by atoms with Gasteiger partial charge in [0, 0.05) is 11.1 Å². The fraction of sp³-hybridized carbons (Fsp3) is 0.333. The number of rotatable bonds is 1. The summed E-state index contributed by atoms with van der Waals surface area (Å²) in [6, 6.07) is 4.10. The van der Waals surface area contributed by atoms with Crippen molar-refractivity contribution in [2.24, 2.45) is 5.41 Å². The van der Waals surface area contributed by atoms with E-state index in [4.69, 9.17) is 23.8 Å². The van der Waals surface area contributed by atoms with E-state index in [9.17, 15) is 9.18 Å². The minimum Gasteiger partial charge on any atom is -0.332 e. The fourth-order valence-corrected chi connectivity index (χ4v) is 1.42. The number of carbonyl (C=O) groups is 1. The smallest absolute Gasteiger partial charge is 0.231 e. The molecule has 0 aliphatic heterocycles. The predicted molar refractivity (Wildman–Crippen MR) is 75.2 cm³/mol. The summed E-state index contributed by atoms with van der Waals surface area (Å²) in [5, 5.41) is 5.45. The van der Waals surface area contributed by atoms with Crippen LogP contribution in [-0.2, 0) is 4.79 Å². The van der Waals surface area contributed by atoms with Gasteiger partial charge in [-0.3, -0.25) is 4.79 Å². The van der Waals surface area contributed by atoms with E-state index in [1.165, 1.54) is 18.2 Å². The summed E-state index contributed by atoms with van der Waals surface area (Å²) >= 11 is 10.6. The third-order valence-electron chi connectivity index (χ3n) is 2.09. The highest BCUT2D eigenvalue weighted by Gasteiger charge is 2.21. The molecular formula is C12H14ClFN2OS. The van der Waals surface area contributed by atoms with Crippen molar-refractivity contribution in [1.82, 2.24) is 5.32 Å². The van der Waals surface area contributed by atoms with Gasteiger partial charge in [-0.05, 0) is 30.4 Å². The maximum absolute atomic E-state index is 12.9. The summed E-state index contributed by atoms with van der Waals surface area (Å²) in [5.74, 6) is -0.708. The molecule has 0 fully saturated rings. The molecule has 1 aromatic rings. The topological polar surface area (TPSA) is 41.1 Å². The van der Waals surface area contributed by atoms with Crippen molar-refractivity contribution < 1.29 is 9.18 Å². The second-order valence-corrected chi connectivity index (χ2v) is 5.60. The molecule has 1 rings (SSSR count). The minimum atomic E-state index is -0.536. The lowest BCUT2D eigenvalue weighted by Crippen LogP contribution is -2.41. The van der Waals surface area contributed by atoms with E-state index in [-0.39, 0.29) is 16.0 Å². The second-order valence-electron chi connectivity index (χ2n) is 4.79. The first-order valence-electron chi connectivity index (χ1n) is 5.27. The molecule has 0 radical (unpaired) electrons. The molecule has 0 aromatic heterocycles. The van der Waals surface area contributed by atoms with E-state index in [1.807, 2.05) is 0 Å². The Morgan fingerprint density at radius 3 is 2.50 bits per heavy atom. The Bertz CT molecular complexity index is 485. The third kappa shape index (κ3) is 4.23. The molecule has 0 saturated heterocycles. The number of nitrogens with one attached hydrogen (secondary N) is 2. The quantitative estimate of drug-likeness (QED) is 0.779. The first-order chi connectivity index (χ1) is 8.20. The van der Waals surface area contributed by atoms with Gasteiger partial charge < -0.3 is 10.6 Å². The monoisotopic (exact) mass is 288 g/mol. The molecule has 0 heterocycles. The minimum absolute atomic E-state index is 0.00931. The first kappa shape index (κ1) is 14.9. The SMILES string of the molecule is CC(C)(C)C(=O)NC(=S)Nc1ccc(F)c(Cl)c1. The van der Waals surface area contributed by atoms with Crippen molar-refractivity contribution in [1.29, 1.82) is 0 Å². The molecule has 6 heteroatoms. The molecule has 18 heavy (non-hydrogen) atoms. The number of halogens is 2. The van der Waals surface area contributed by atoms with E-state index in [2.05, 4.69) is 10.6 Å². The highest BCUT2D eigenvalue weighted by Crippen LogP contribution is 2.19. The van der Waals surface area contributed by atoms with Crippen molar-refractivity contribution in [3.63, 3.8) is 0 Å². The molecule has 0 bridgehead atoms. The highest BCUT2D eigenvalue weighted by atomic mass is 35.5. The van der Waals surface area contributed by atoms with Crippen LogP contribution >= 0.6 is 23.8 Å². The van der Waals surface area contributed by atoms with Crippen LogP contribution in [0.4, 0.5) is 10.1 Å². The maximum atomic E-state index is 12.9. The van der Waals surface area contributed by atoms with Crippen molar-refractivity contribution >= 4 is 40.5 Å².